The van der Waals surface area contributed by atoms with Crippen LogP contribution in [0.1, 0.15) is 39.5 Å². The van der Waals surface area contributed by atoms with E-state index >= 15 is 0 Å². The van der Waals surface area contributed by atoms with Crippen LogP contribution in [0.5, 0.6) is 0 Å². The van der Waals surface area contributed by atoms with Crippen LogP contribution >= 0.6 is 0 Å². The van der Waals surface area contributed by atoms with Crippen LogP contribution in [0.15, 0.2) is 12.2 Å². The zero-order chi connectivity index (χ0) is 9.03. The summed E-state index contributed by atoms with van der Waals surface area (Å²) >= 11 is 0. The monoisotopic (exact) mass is 167 g/mol. The zero-order valence-electron chi connectivity index (χ0n) is 8.34. The molecule has 1 unspecified atom stereocenters. The highest BCUT2D eigenvalue weighted by molar-refractivity contribution is 4.98. The highest BCUT2D eigenvalue weighted by atomic mass is 14.6. The van der Waals surface area contributed by atoms with Gasteiger partial charge in [0, 0.05) is 0 Å². The fourth-order valence-electron chi connectivity index (χ4n) is 2.26. The maximum Gasteiger partial charge on any atom is -0.00174 e. The Kier molecular flexibility index (Phi) is 3.33. The molecular weight excluding hydrogens is 146 g/mol. The molecule has 1 heteroatoms. The van der Waals surface area contributed by atoms with Crippen LogP contribution in [0, 0.1) is 11.3 Å². The molecule has 0 amide bonds. The summed E-state index contributed by atoms with van der Waals surface area (Å²) in [5, 5.41) is 0. The lowest BCUT2D eigenvalue weighted by Gasteiger charge is -2.35. The van der Waals surface area contributed by atoms with Crippen molar-refractivity contribution in [3.63, 3.8) is 0 Å². The van der Waals surface area contributed by atoms with Crippen molar-refractivity contribution >= 4 is 0 Å². The van der Waals surface area contributed by atoms with Gasteiger partial charge in [-0.15, -0.1) is 0 Å². The molecule has 1 atom stereocenters. The minimum atomic E-state index is 0.433. The minimum absolute atomic E-state index is 0.433. The van der Waals surface area contributed by atoms with E-state index in [2.05, 4.69) is 26.0 Å². The molecule has 1 rings (SSSR count). The third kappa shape index (κ3) is 2.34. The van der Waals surface area contributed by atoms with Crippen molar-refractivity contribution < 1.29 is 0 Å². The van der Waals surface area contributed by atoms with Crippen molar-refractivity contribution in [2.24, 2.45) is 17.1 Å². The second-order valence-corrected chi connectivity index (χ2v) is 4.52. The lowest BCUT2D eigenvalue weighted by molar-refractivity contribution is 0.214. The third-order valence-corrected chi connectivity index (χ3v) is 2.83. The van der Waals surface area contributed by atoms with Crippen LogP contribution in [0.25, 0.3) is 0 Å². The van der Waals surface area contributed by atoms with E-state index in [1.54, 1.807) is 0 Å². The third-order valence-electron chi connectivity index (χ3n) is 2.83. The summed E-state index contributed by atoms with van der Waals surface area (Å²) in [4.78, 5) is 0. The summed E-state index contributed by atoms with van der Waals surface area (Å²) in [6.07, 6.45) is 9.59. The Morgan fingerprint density at radius 3 is 2.58 bits per heavy atom. The molecule has 1 aliphatic carbocycles. The normalized spacial score (nSPS) is 29.7. The van der Waals surface area contributed by atoms with Gasteiger partial charge in [0.1, 0.15) is 0 Å². The van der Waals surface area contributed by atoms with Gasteiger partial charge in [0.2, 0.25) is 0 Å². The van der Waals surface area contributed by atoms with Crippen LogP contribution in [0.4, 0.5) is 0 Å². The van der Waals surface area contributed by atoms with Crippen molar-refractivity contribution in [2.75, 3.05) is 6.54 Å². The SMILES string of the molecule is CC(C)CC1(CN)CC=CCC1. The van der Waals surface area contributed by atoms with Gasteiger partial charge in [-0.05, 0) is 43.6 Å². The molecule has 2 N–H and O–H groups in total. The molecule has 0 aromatic rings. The Morgan fingerprint density at radius 2 is 2.17 bits per heavy atom. The number of rotatable bonds is 3. The highest BCUT2D eigenvalue weighted by Crippen LogP contribution is 2.37. The molecule has 0 bridgehead atoms. The molecule has 1 aliphatic rings. The molecule has 70 valence electrons. The van der Waals surface area contributed by atoms with E-state index in [0.29, 0.717) is 5.41 Å². The zero-order valence-corrected chi connectivity index (χ0v) is 8.34. The van der Waals surface area contributed by atoms with E-state index in [1.165, 1.54) is 25.7 Å². The maximum absolute atomic E-state index is 5.85. The molecule has 0 aromatic carbocycles. The van der Waals surface area contributed by atoms with E-state index in [0.717, 1.165) is 12.5 Å². The molecule has 0 fully saturated rings. The smallest absolute Gasteiger partial charge is 0.00174 e. The fraction of sp³-hybridized carbons (Fsp3) is 0.818. The van der Waals surface area contributed by atoms with Gasteiger partial charge in [0.25, 0.3) is 0 Å². The molecule has 0 saturated carbocycles. The molecule has 0 spiro atoms. The van der Waals surface area contributed by atoms with E-state index < -0.39 is 0 Å². The predicted octanol–water partition coefficient (Wildman–Crippen LogP) is 2.72. The fourth-order valence-corrected chi connectivity index (χ4v) is 2.26. The molecule has 0 radical (unpaired) electrons. The lowest BCUT2D eigenvalue weighted by Crippen LogP contribution is -2.32. The maximum atomic E-state index is 5.85. The molecular formula is C11H21N. The summed E-state index contributed by atoms with van der Waals surface area (Å²) in [7, 11) is 0. The average molecular weight is 167 g/mol. The van der Waals surface area contributed by atoms with Crippen molar-refractivity contribution in [1.29, 1.82) is 0 Å². The van der Waals surface area contributed by atoms with Gasteiger partial charge < -0.3 is 5.73 Å². The Bertz CT molecular complexity index is 160. The number of hydrogen-bond acceptors (Lipinski definition) is 1. The average Bonchev–Trinajstić information content (AvgIpc) is 2.05. The number of allylic oxidation sites excluding steroid dienone is 2. The summed E-state index contributed by atoms with van der Waals surface area (Å²) < 4.78 is 0. The van der Waals surface area contributed by atoms with Crippen LogP contribution in [0.2, 0.25) is 0 Å². The first kappa shape index (κ1) is 9.79. The van der Waals surface area contributed by atoms with Crippen LogP contribution in [-0.4, -0.2) is 6.54 Å². The summed E-state index contributed by atoms with van der Waals surface area (Å²) in [5.74, 6) is 0.778. The summed E-state index contributed by atoms with van der Waals surface area (Å²) in [6.45, 7) is 5.43. The quantitative estimate of drug-likeness (QED) is 0.643. The van der Waals surface area contributed by atoms with Gasteiger partial charge in [0.05, 0.1) is 0 Å². The van der Waals surface area contributed by atoms with Gasteiger partial charge in [-0.1, -0.05) is 26.0 Å². The van der Waals surface area contributed by atoms with Crippen molar-refractivity contribution in [3.05, 3.63) is 12.2 Å². The minimum Gasteiger partial charge on any atom is -0.330 e. The van der Waals surface area contributed by atoms with Crippen molar-refractivity contribution in [2.45, 2.75) is 39.5 Å². The molecule has 0 aliphatic heterocycles. The first-order chi connectivity index (χ1) is 5.68. The van der Waals surface area contributed by atoms with E-state index in [9.17, 15) is 0 Å². The highest BCUT2D eigenvalue weighted by Gasteiger charge is 2.28. The lowest BCUT2D eigenvalue weighted by atomic mass is 9.72. The van der Waals surface area contributed by atoms with Gasteiger partial charge in [0.15, 0.2) is 0 Å². The van der Waals surface area contributed by atoms with Gasteiger partial charge in [-0.2, -0.15) is 0 Å². The predicted molar refractivity (Wildman–Crippen MR) is 53.9 cm³/mol. The molecule has 1 nitrogen and oxygen atoms in total. The Balaban J connectivity index is 2.55. The van der Waals surface area contributed by atoms with E-state index in [4.69, 9.17) is 5.73 Å². The van der Waals surface area contributed by atoms with Gasteiger partial charge in [-0.25, -0.2) is 0 Å². The number of nitrogens with two attached hydrogens (primary N) is 1. The molecule has 0 saturated heterocycles. The van der Waals surface area contributed by atoms with Crippen LogP contribution in [0.3, 0.4) is 0 Å². The van der Waals surface area contributed by atoms with Crippen molar-refractivity contribution in [3.8, 4) is 0 Å². The molecule has 0 aromatic heterocycles. The summed E-state index contributed by atoms with van der Waals surface area (Å²) in [5.41, 5.74) is 6.29. The molecule has 12 heavy (non-hydrogen) atoms. The summed E-state index contributed by atoms with van der Waals surface area (Å²) in [6, 6.07) is 0. The Labute approximate surface area is 76.0 Å². The standard InChI is InChI=1S/C11H21N/c1-10(2)8-11(9-12)6-4-3-5-7-11/h3-4,10H,5-9,12H2,1-2H3. The Morgan fingerprint density at radius 1 is 1.42 bits per heavy atom. The number of hydrogen-bond donors (Lipinski definition) is 1. The van der Waals surface area contributed by atoms with Crippen molar-refractivity contribution in [1.82, 2.24) is 0 Å². The second-order valence-electron chi connectivity index (χ2n) is 4.52. The van der Waals surface area contributed by atoms with Gasteiger partial charge in [-0.3, -0.25) is 0 Å². The molecule has 0 heterocycles. The van der Waals surface area contributed by atoms with Crippen LogP contribution < -0.4 is 5.73 Å². The van der Waals surface area contributed by atoms with Gasteiger partial charge >= 0.3 is 0 Å². The first-order valence-electron chi connectivity index (χ1n) is 5.04. The van der Waals surface area contributed by atoms with E-state index in [1.807, 2.05) is 0 Å². The first-order valence-corrected chi connectivity index (χ1v) is 5.04. The Hall–Kier alpha value is -0.300. The van der Waals surface area contributed by atoms with E-state index in [-0.39, 0.29) is 0 Å². The largest absolute Gasteiger partial charge is 0.330 e. The van der Waals surface area contributed by atoms with Crippen LogP contribution in [-0.2, 0) is 0 Å². The topological polar surface area (TPSA) is 26.0 Å². The second kappa shape index (κ2) is 4.08.